The molecule has 0 saturated heterocycles. The van der Waals surface area contributed by atoms with Crippen LogP contribution in [0.2, 0.25) is 0 Å². The van der Waals surface area contributed by atoms with Crippen LogP contribution in [0.3, 0.4) is 0 Å². The Morgan fingerprint density at radius 1 is 1.52 bits per heavy atom. The smallest absolute Gasteiger partial charge is 0.262 e. The minimum Gasteiger partial charge on any atom is -0.343 e. The third kappa shape index (κ3) is 2.95. The van der Waals surface area contributed by atoms with E-state index in [1.54, 1.807) is 7.05 Å². The fraction of sp³-hybridized carbons (Fsp3) is 0.429. The zero-order valence-corrected chi connectivity index (χ0v) is 13.0. The van der Waals surface area contributed by atoms with E-state index >= 15 is 0 Å². The van der Waals surface area contributed by atoms with Gasteiger partial charge in [-0.25, -0.2) is 4.98 Å². The van der Waals surface area contributed by atoms with Gasteiger partial charge in [0.05, 0.1) is 24.2 Å². The van der Waals surface area contributed by atoms with E-state index < -0.39 is 0 Å². The first-order valence-corrected chi connectivity index (χ1v) is 7.33. The quantitative estimate of drug-likeness (QED) is 0.856. The van der Waals surface area contributed by atoms with Crippen molar-refractivity contribution in [3.8, 4) is 6.07 Å². The van der Waals surface area contributed by atoms with Crippen LogP contribution >= 0.6 is 11.3 Å². The number of nitriles is 1. The van der Waals surface area contributed by atoms with Gasteiger partial charge in [0.1, 0.15) is 11.4 Å². The molecule has 0 fully saturated rings. The van der Waals surface area contributed by atoms with Crippen LogP contribution in [0, 0.1) is 25.2 Å². The lowest BCUT2D eigenvalue weighted by atomic mass is 10.2. The second-order valence-corrected chi connectivity index (χ2v) is 6.07. The van der Waals surface area contributed by atoms with Crippen molar-refractivity contribution in [3.05, 3.63) is 27.1 Å². The molecular weight excluding hydrogens is 288 g/mol. The van der Waals surface area contributed by atoms with Crippen molar-refractivity contribution in [2.24, 2.45) is 0 Å². The summed E-state index contributed by atoms with van der Waals surface area (Å²) in [5, 5.41) is 9.12. The van der Waals surface area contributed by atoms with E-state index in [2.05, 4.69) is 4.98 Å². The van der Waals surface area contributed by atoms with Gasteiger partial charge in [-0.15, -0.1) is 11.3 Å². The number of hydrogen-bond acceptors (Lipinski definition) is 5. The molecule has 0 aliphatic carbocycles. The highest BCUT2D eigenvalue weighted by Crippen LogP contribution is 2.25. The van der Waals surface area contributed by atoms with Crippen LogP contribution in [0.4, 0.5) is 0 Å². The Hall–Kier alpha value is -2.20. The Morgan fingerprint density at radius 3 is 2.90 bits per heavy atom. The highest BCUT2D eigenvalue weighted by atomic mass is 32.1. The maximum atomic E-state index is 12.4. The Labute approximate surface area is 126 Å². The minimum absolute atomic E-state index is 0.0575. The molecule has 0 N–H and O–H groups in total. The molecule has 0 aliphatic heterocycles. The standard InChI is InChI=1S/C14H16N4O2S/c1-9-10(2)21-13-12(9)14(20)18(8-16-13)7-11(19)17(3)6-4-5-15/h8H,4,6-7H2,1-3H3. The van der Waals surface area contributed by atoms with Gasteiger partial charge < -0.3 is 4.90 Å². The van der Waals surface area contributed by atoms with E-state index in [9.17, 15) is 9.59 Å². The molecule has 110 valence electrons. The van der Waals surface area contributed by atoms with Gasteiger partial charge in [-0.3, -0.25) is 14.2 Å². The maximum Gasteiger partial charge on any atom is 0.262 e. The van der Waals surface area contributed by atoms with Gasteiger partial charge in [-0.2, -0.15) is 5.26 Å². The molecular formula is C14H16N4O2S. The van der Waals surface area contributed by atoms with E-state index in [4.69, 9.17) is 5.26 Å². The van der Waals surface area contributed by atoms with Crippen LogP contribution in [0.15, 0.2) is 11.1 Å². The van der Waals surface area contributed by atoms with Gasteiger partial charge in [0, 0.05) is 18.5 Å². The fourth-order valence-corrected chi connectivity index (χ4v) is 2.98. The van der Waals surface area contributed by atoms with Gasteiger partial charge in [0.25, 0.3) is 5.56 Å². The molecule has 21 heavy (non-hydrogen) atoms. The molecule has 0 saturated carbocycles. The third-order valence-corrected chi connectivity index (χ3v) is 4.56. The summed E-state index contributed by atoms with van der Waals surface area (Å²) < 4.78 is 1.33. The summed E-state index contributed by atoms with van der Waals surface area (Å²) in [5.41, 5.74) is 0.732. The van der Waals surface area contributed by atoms with Crippen molar-refractivity contribution >= 4 is 27.5 Å². The second-order valence-electron chi connectivity index (χ2n) is 4.86. The fourth-order valence-electron chi connectivity index (χ4n) is 1.99. The molecule has 0 aromatic carbocycles. The van der Waals surface area contributed by atoms with Gasteiger partial charge >= 0.3 is 0 Å². The Bertz CT molecular complexity index is 785. The number of thiophene rings is 1. The van der Waals surface area contributed by atoms with Crippen LogP contribution in [-0.4, -0.2) is 34.0 Å². The normalized spacial score (nSPS) is 10.6. The number of fused-ring (bicyclic) bond motifs is 1. The summed E-state index contributed by atoms with van der Waals surface area (Å²) in [6, 6.07) is 1.99. The minimum atomic E-state index is -0.210. The second kappa shape index (κ2) is 6.06. The van der Waals surface area contributed by atoms with Gasteiger partial charge in [0.15, 0.2) is 0 Å². The average molecular weight is 304 g/mol. The molecule has 1 amide bonds. The van der Waals surface area contributed by atoms with Crippen LogP contribution in [0.5, 0.6) is 0 Å². The highest BCUT2D eigenvalue weighted by Gasteiger charge is 2.15. The SMILES string of the molecule is Cc1sc2ncn(CC(=O)N(C)CCC#N)c(=O)c2c1C. The summed E-state index contributed by atoms with van der Waals surface area (Å²) in [6.07, 6.45) is 1.69. The van der Waals surface area contributed by atoms with Crippen molar-refractivity contribution < 1.29 is 4.79 Å². The number of likely N-dealkylation sites (N-methyl/N-ethyl adjacent to an activating group) is 1. The van der Waals surface area contributed by atoms with Crippen LogP contribution in [0.1, 0.15) is 16.9 Å². The third-order valence-electron chi connectivity index (χ3n) is 3.45. The first-order chi connectivity index (χ1) is 9.95. The number of nitrogens with zero attached hydrogens (tertiary/aromatic N) is 4. The van der Waals surface area contributed by atoms with Gasteiger partial charge in [-0.05, 0) is 19.4 Å². The Morgan fingerprint density at radius 2 is 2.24 bits per heavy atom. The van der Waals surface area contributed by atoms with Crippen LogP contribution in [0.25, 0.3) is 10.2 Å². The topological polar surface area (TPSA) is 79.0 Å². The van der Waals surface area contributed by atoms with Crippen LogP contribution < -0.4 is 5.56 Å². The summed E-state index contributed by atoms with van der Waals surface area (Å²) in [6.45, 7) is 4.14. The van der Waals surface area contributed by atoms with Gasteiger partial charge in [0.2, 0.25) is 5.91 Å². The molecule has 6 nitrogen and oxygen atoms in total. The summed E-state index contributed by atoms with van der Waals surface area (Å²) in [4.78, 5) is 31.9. The predicted molar refractivity (Wildman–Crippen MR) is 81.2 cm³/mol. The lowest BCUT2D eigenvalue weighted by Gasteiger charge is -2.15. The van der Waals surface area contributed by atoms with E-state index in [1.165, 1.54) is 27.1 Å². The average Bonchev–Trinajstić information content (AvgIpc) is 2.75. The molecule has 0 bridgehead atoms. The zero-order chi connectivity index (χ0) is 15.6. The first-order valence-electron chi connectivity index (χ1n) is 6.51. The van der Waals surface area contributed by atoms with E-state index in [0.717, 1.165) is 10.4 Å². The van der Waals surface area contributed by atoms with Gasteiger partial charge in [-0.1, -0.05) is 0 Å². The monoisotopic (exact) mass is 304 g/mol. The summed E-state index contributed by atoms with van der Waals surface area (Å²) in [5.74, 6) is -0.210. The maximum absolute atomic E-state index is 12.4. The molecule has 7 heteroatoms. The summed E-state index contributed by atoms with van der Waals surface area (Å²) >= 11 is 1.48. The molecule has 0 atom stereocenters. The van der Waals surface area contributed by atoms with Crippen molar-refractivity contribution in [2.75, 3.05) is 13.6 Å². The molecule has 2 aromatic rings. The van der Waals surface area contributed by atoms with E-state index in [-0.39, 0.29) is 24.4 Å². The Kier molecular flexibility index (Phi) is 4.38. The number of hydrogen-bond donors (Lipinski definition) is 0. The molecule has 0 aliphatic rings. The Balaban J connectivity index is 2.30. The lowest BCUT2D eigenvalue weighted by Crippen LogP contribution is -2.34. The predicted octanol–water partition coefficient (Wildman–Crippen LogP) is 1.45. The number of carbonyl (C=O) groups is 1. The number of rotatable bonds is 4. The lowest BCUT2D eigenvalue weighted by molar-refractivity contribution is -0.130. The highest BCUT2D eigenvalue weighted by molar-refractivity contribution is 7.18. The molecule has 2 heterocycles. The largest absolute Gasteiger partial charge is 0.343 e. The molecule has 0 spiro atoms. The number of aryl methyl sites for hydroxylation is 2. The zero-order valence-electron chi connectivity index (χ0n) is 12.2. The summed E-state index contributed by atoms with van der Waals surface area (Å²) in [7, 11) is 1.62. The van der Waals surface area contributed by atoms with Crippen molar-refractivity contribution in [2.45, 2.75) is 26.8 Å². The number of carbonyl (C=O) groups excluding carboxylic acids is 1. The van der Waals surface area contributed by atoms with E-state index in [1.807, 2.05) is 19.9 Å². The molecule has 0 unspecified atom stereocenters. The molecule has 2 rings (SSSR count). The number of amides is 1. The van der Waals surface area contributed by atoms with Crippen molar-refractivity contribution in [3.63, 3.8) is 0 Å². The van der Waals surface area contributed by atoms with Crippen molar-refractivity contribution in [1.82, 2.24) is 14.5 Å². The van der Waals surface area contributed by atoms with E-state index in [0.29, 0.717) is 16.8 Å². The van der Waals surface area contributed by atoms with Crippen LogP contribution in [-0.2, 0) is 11.3 Å². The van der Waals surface area contributed by atoms with Crippen molar-refractivity contribution in [1.29, 1.82) is 5.26 Å². The molecule has 2 aromatic heterocycles. The first kappa shape index (κ1) is 15.2. The number of aromatic nitrogens is 2. The molecule has 0 radical (unpaired) electrons.